The second-order valence-corrected chi connectivity index (χ2v) is 2.57. The van der Waals surface area contributed by atoms with E-state index >= 15 is 0 Å². The van der Waals surface area contributed by atoms with Gasteiger partial charge < -0.3 is 10.1 Å². The highest BCUT2D eigenvalue weighted by atomic mass is 16.5. The first-order valence-corrected chi connectivity index (χ1v) is 4.54. The molecule has 0 saturated carbocycles. The van der Waals surface area contributed by atoms with E-state index in [2.05, 4.69) is 5.32 Å². The monoisotopic (exact) mass is 195 g/mol. The normalized spacial score (nSPS) is 12.4. The van der Waals surface area contributed by atoms with Crippen LogP contribution in [0.1, 0.15) is 13.3 Å². The van der Waals surface area contributed by atoms with Crippen molar-refractivity contribution in [1.82, 2.24) is 5.32 Å². The largest absolute Gasteiger partial charge is 0.504 e. The van der Waals surface area contributed by atoms with Gasteiger partial charge in [-0.2, -0.15) is 0 Å². The van der Waals surface area contributed by atoms with Crippen molar-refractivity contribution in [3.05, 3.63) is 36.1 Å². The smallest absolute Gasteiger partial charge is 0.250 e. The van der Waals surface area contributed by atoms with E-state index in [1.165, 1.54) is 0 Å². The third-order valence-corrected chi connectivity index (χ3v) is 1.51. The summed E-state index contributed by atoms with van der Waals surface area (Å²) in [6, 6.07) is 0. The number of ether oxygens (including phenoxy) is 1. The fourth-order valence-corrected chi connectivity index (χ4v) is 0.884. The molecule has 3 nitrogen and oxygen atoms in total. The topological polar surface area (TPSA) is 38.3 Å². The molecule has 0 radical (unpaired) electrons. The number of hydrogen-bond donors (Lipinski definition) is 1. The predicted octanol–water partition coefficient (Wildman–Crippen LogP) is 1.79. The molecule has 0 fully saturated rings. The lowest BCUT2D eigenvalue weighted by Crippen LogP contribution is -2.18. The molecule has 78 valence electrons. The molecule has 0 bridgehead atoms. The van der Waals surface area contributed by atoms with Crippen molar-refractivity contribution in [3.63, 3.8) is 0 Å². The van der Waals surface area contributed by atoms with Crippen LogP contribution in [0.5, 0.6) is 0 Å². The van der Waals surface area contributed by atoms with Crippen molar-refractivity contribution in [3.8, 4) is 0 Å². The zero-order chi connectivity index (χ0) is 10.8. The van der Waals surface area contributed by atoms with Gasteiger partial charge in [-0.3, -0.25) is 4.79 Å². The van der Waals surface area contributed by atoms with Crippen LogP contribution in [-0.2, 0) is 9.53 Å². The van der Waals surface area contributed by atoms with Crippen molar-refractivity contribution in [2.24, 2.45) is 0 Å². The minimum atomic E-state index is -0.0751. The summed E-state index contributed by atoms with van der Waals surface area (Å²) >= 11 is 0. The number of nitrogens with one attached hydrogen (secondary N) is 1. The van der Waals surface area contributed by atoms with Crippen LogP contribution in [0, 0.1) is 0 Å². The molecule has 3 heteroatoms. The molecular weight excluding hydrogens is 178 g/mol. The summed E-state index contributed by atoms with van der Waals surface area (Å²) in [5, 5.41) is 2.58. The Morgan fingerprint density at radius 1 is 1.43 bits per heavy atom. The Labute approximate surface area is 85.1 Å². The van der Waals surface area contributed by atoms with E-state index in [-0.39, 0.29) is 5.91 Å². The molecule has 0 spiro atoms. The van der Waals surface area contributed by atoms with Crippen LogP contribution < -0.4 is 5.32 Å². The van der Waals surface area contributed by atoms with E-state index in [0.717, 1.165) is 6.42 Å². The van der Waals surface area contributed by atoms with Gasteiger partial charge >= 0.3 is 0 Å². The van der Waals surface area contributed by atoms with Crippen molar-refractivity contribution in [1.29, 1.82) is 0 Å². The summed E-state index contributed by atoms with van der Waals surface area (Å²) in [4.78, 5) is 11.3. The Morgan fingerprint density at radius 2 is 2.14 bits per heavy atom. The minimum Gasteiger partial charge on any atom is -0.504 e. The van der Waals surface area contributed by atoms with Gasteiger partial charge in [-0.1, -0.05) is 19.1 Å². The molecule has 0 aliphatic rings. The van der Waals surface area contributed by atoms with E-state index in [0.29, 0.717) is 5.57 Å². The number of rotatable bonds is 5. The molecule has 0 rings (SSSR count). The molecular formula is C11H17NO2. The van der Waals surface area contributed by atoms with Gasteiger partial charge in [-0.15, -0.1) is 0 Å². The summed E-state index contributed by atoms with van der Waals surface area (Å²) in [7, 11) is 3.19. The lowest BCUT2D eigenvalue weighted by atomic mass is 10.2. The van der Waals surface area contributed by atoms with Gasteiger partial charge in [0.25, 0.3) is 5.91 Å². The van der Waals surface area contributed by atoms with Crippen molar-refractivity contribution in [2.75, 3.05) is 14.2 Å². The highest BCUT2D eigenvalue weighted by molar-refractivity contribution is 5.95. The van der Waals surface area contributed by atoms with Gasteiger partial charge in [0.15, 0.2) is 0 Å². The standard InChI is InChI=1S/C11H17NO2/c1-4-7-10(11(13)12-2)8-5-6-9-14-3/h5-9H,4H2,1-3H3,(H,12,13)/b8-5-,9-6-,10-7-. The molecule has 0 aliphatic heterocycles. The van der Waals surface area contributed by atoms with Crippen LogP contribution in [0.2, 0.25) is 0 Å². The summed E-state index contributed by atoms with van der Waals surface area (Å²) in [6.07, 6.45) is 9.49. The average molecular weight is 195 g/mol. The maximum atomic E-state index is 11.3. The van der Waals surface area contributed by atoms with Crippen LogP contribution in [0.25, 0.3) is 0 Å². The lowest BCUT2D eigenvalue weighted by Gasteiger charge is -1.98. The van der Waals surface area contributed by atoms with Crippen molar-refractivity contribution in [2.45, 2.75) is 13.3 Å². The Kier molecular flexibility index (Phi) is 7.23. The molecule has 14 heavy (non-hydrogen) atoms. The van der Waals surface area contributed by atoms with Crippen LogP contribution in [-0.4, -0.2) is 20.1 Å². The zero-order valence-corrected chi connectivity index (χ0v) is 8.91. The molecule has 0 atom stereocenters. The summed E-state index contributed by atoms with van der Waals surface area (Å²) in [6.45, 7) is 1.99. The quantitative estimate of drug-likeness (QED) is 0.412. The Morgan fingerprint density at radius 3 is 2.64 bits per heavy atom. The van der Waals surface area contributed by atoms with Crippen LogP contribution in [0.3, 0.4) is 0 Å². The molecule has 1 amide bonds. The first-order valence-electron chi connectivity index (χ1n) is 4.54. The highest BCUT2D eigenvalue weighted by Crippen LogP contribution is 1.99. The first-order chi connectivity index (χ1) is 6.76. The molecule has 0 heterocycles. The summed E-state index contributed by atoms with van der Waals surface area (Å²) < 4.78 is 4.72. The van der Waals surface area contributed by atoms with Gasteiger partial charge in [-0.25, -0.2) is 0 Å². The second kappa shape index (κ2) is 8.10. The van der Waals surface area contributed by atoms with Gasteiger partial charge in [0, 0.05) is 12.6 Å². The third-order valence-electron chi connectivity index (χ3n) is 1.51. The lowest BCUT2D eigenvalue weighted by molar-refractivity contribution is -0.116. The zero-order valence-electron chi connectivity index (χ0n) is 8.91. The number of carbonyl (C=O) groups is 1. The molecule has 0 unspecified atom stereocenters. The van der Waals surface area contributed by atoms with E-state index in [4.69, 9.17) is 4.74 Å². The first kappa shape index (κ1) is 12.5. The molecule has 0 aliphatic carbocycles. The third kappa shape index (κ3) is 5.19. The Balaban J connectivity index is 4.38. The molecule has 0 saturated heterocycles. The number of amides is 1. The van der Waals surface area contributed by atoms with Crippen LogP contribution >= 0.6 is 0 Å². The second-order valence-electron chi connectivity index (χ2n) is 2.57. The van der Waals surface area contributed by atoms with Crippen LogP contribution in [0.15, 0.2) is 36.1 Å². The molecule has 0 aromatic rings. The molecule has 0 aromatic carbocycles. The number of likely N-dealkylation sites (N-methyl/N-ethyl adjacent to an activating group) is 1. The Bertz CT molecular complexity index is 252. The number of allylic oxidation sites excluding steroid dienone is 3. The van der Waals surface area contributed by atoms with E-state index in [1.54, 1.807) is 38.6 Å². The average Bonchev–Trinajstić information content (AvgIpc) is 2.21. The fourth-order valence-electron chi connectivity index (χ4n) is 0.884. The van der Waals surface area contributed by atoms with Crippen LogP contribution in [0.4, 0.5) is 0 Å². The SMILES string of the molecule is CC/C=C(/C=C\C=C/OC)C(=O)NC. The van der Waals surface area contributed by atoms with Crippen molar-refractivity contribution < 1.29 is 9.53 Å². The van der Waals surface area contributed by atoms with E-state index in [1.807, 2.05) is 13.0 Å². The van der Waals surface area contributed by atoms with Gasteiger partial charge in [0.05, 0.1) is 13.4 Å². The van der Waals surface area contributed by atoms with E-state index in [9.17, 15) is 4.79 Å². The maximum Gasteiger partial charge on any atom is 0.250 e. The number of methoxy groups -OCH3 is 1. The Hall–Kier alpha value is -1.51. The summed E-state index contributed by atoms with van der Waals surface area (Å²) in [5.41, 5.74) is 0.663. The van der Waals surface area contributed by atoms with Gasteiger partial charge in [-0.05, 0) is 18.6 Å². The predicted molar refractivity (Wildman–Crippen MR) is 57.7 cm³/mol. The maximum absolute atomic E-state index is 11.3. The van der Waals surface area contributed by atoms with E-state index < -0.39 is 0 Å². The number of carbonyl (C=O) groups excluding carboxylic acids is 1. The minimum absolute atomic E-state index is 0.0751. The van der Waals surface area contributed by atoms with Gasteiger partial charge in [0.2, 0.25) is 0 Å². The number of hydrogen-bond acceptors (Lipinski definition) is 2. The fraction of sp³-hybridized carbons (Fsp3) is 0.364. The molecule has 1 N–H and O–H groups in total. The van der Waals surface area contributed by atoms with Crippen molar-refractivity contribution >= 4 is 5.91 Å². The highest BCUT2D eigenvalue weighted by Gasteiger charge is 2.00. The molecule has 0 aromatic heterocycles. The summed E-state index contributed by atoms with van der Waals surface area (Å²) in [5.74, 6) is -0.0751. The van der Waals surface area contributed by atoms with Gasteiger partial charge in [0.1, 0.15) is 0 Å².